The molecule has 1 saturated carbocycles. The Morgan fingerprint density at radius 1 is 0.784 bits per heavy atom. The second kappa shape index (κ2) is 11.1. The van der Waals surface area contributed by atoms with Crippen molar-refractivity contribution in [2.45, 2.75) is 39.5 Å². The Balaban J connectivity index is 1.11. The van der Waals surface area contributed by atoms with E-state index in [1.54, 1.807) is 48.5 Å². The number of benzene rings is 4. The third-order valence-corrected chi connectivity index (χ3v) is 11.8. The van der Waals surface area contributed by atoms with Gasteiger partial charge in [0.1, 0.15) is 11.3 Å². The Morgan fingerprint density at radius 3 is 2.16 bits per heavy atom. The minimum Gasteiger partial charge on any atom is -0.507 e. The van der Waals surface area contributed by atoms with Gasteiger partial charge in [-0.2, -0.15) is 0 Å². The number of aryl methyl sites for hydroxylation is 2. The van der Waals surface area contributed by atoms with Crippen molar-refractivity contribution in [3.63, 3.8) is 0 Å². The van der Waals surface area contributed by atoms with Crippen LogP contribution in [0.1, 0.15) is 42.4 Å². The van der Waals surface area contributed by atoms with Crippen LogP contribution in [0.4, 0.5) is 11.4 Å². The third kappa shape index (κ3) is 4.36. The molecule has 4 aliphatic rings. The van der Waals surface area contributed by atoms with E-state index < -0.39 is 35.0 Å². The van der Waals surface area contributed by atoms with E-state index >= 15 is 0 Å². The zero-order valence-corrected chi connectivity index (χ0v) is 28.4. The van der Waals surface area contributed by atoms with Crippen molar-refractivity contribution in [1.29, 1.82) is 0 Å². The fraction of sp³-hybridized carbons (Fsp3) is 0.262. The predicted octanol–water partition coefficient (Wildman–Crippen LogP) is 7.25. The number of anilines is 2. The van der Waals surface area contributed by atoms with E-state index in [0.29, 0.717) is 40.4 Å². The highest BCUT2D eigenvalue weighted by molar-refractivity contribution is 6.25. The van der Waals surface area contributed by atoms with Gasteiger partial charge in [0, 0.05) is 11.5 Å². The van der Waals surface area contributed by atoms with Gasteiger partial charge in [0.05, 0.1) is 34.5 Å². The number of hydrogen-bond acceptors (Lipinski definition) is 7. The number of amides is 4. The minimum atomic E-state index is -1.15. The van der Waals surface area contributed by atoms with Crippen molar-refractivity contribution >= 4 is 46.1 Å². The lowest BCUT2D eigenvalue weighted by molar-refractivity contribution is -0.131. The van der Waals surface area contributed by atoms with Gasteiger partial charge < -0.3 is 9.52 Å². The molecule has 1 N–H and O–H groups in total. The van der Waals surface area contributed by atoms with E-state index in [1.165, 1.54) is 9.80 Å². The average molecular weight is 678 g/mol. The van der Waals surface area contributed by atoms with Crippen molar-refractivity contribution in [3.05, 3.63) is 119 Å². The van der Waals surface area contributed by atoms with Crippen LogP contribution in [-0.2, 0) is 19.2 Å². The lowest BCUT2D eigenvalue weighted by Gasteiger charge is -2.49. The van der Waals surface area contributed by atoms with Gasteiger partial charge in [0.15, 0.2) is 5.58 Å². The van der Waals surface area contributed by atoms with E-state index in [9.17, 15) is 24.3 Å². The second-order valence-corrected chi connectivity index (χ2v) is 14.5. The summed E-state index contributed by atoms with van der Waals surface area (Å²) in [6.45, 7) is 5.52. The monoisotopic (exact) mass is 677 g/mol. The first-order valence-electron chi connectivity index (χ1n) is 17.3. The first-order chi connectivity index (χ1) is 24.6. The molecule has 3 heterocycles. The summed E-state index contributed by atoms with van der Waals surface area (Å²) in [7, 11) is 0. The highest BCUT2D eigenvalue weighted by Gasteiger charge is 2.67. The first kappa shape index (κ1) is 31.2. The largest absolute Gasteiger partial charge is 0.507 e. The van der Waals surface area contributed by atoms with Gasteiger partial charge in [-0.15, -0.1) is 0 Å². The molecule has 6 atom stereocenters. The quantitative estimate of drug-likeness (QED) is 0.157. The smallest absolute Gasteiger partial charge is 0.241 e. The highest BCUT2D eigenvalue weighted by Crippen LogP contribution is 2.64. The number of rotatable bonds is 4. The molecule has 51 heavy (non-hydrogen) atoms. The Labute approximate surface area is 294 Å². The summed E-state index contributed by atoms with van der Waals surface area (Å²) in [6, 6.07) is 27.3. The van der Waals surface area contributed by atoms with Gasteiger partial charge in [-0.05, 0) is 105 Å². The molecule has 0 unspecified atom stereocenters. The van der Waals surface area contributed by atoms with Crippen LogP contribution in [0.15, 0.2) is 107 Å². The molecule has 0 radical (unpaired) electrons. The van der Waals surface area contributed by atoms with Crippen molar-refractivity contribution < 1.29 is 28.7 Å². The van der Waals surface area contributed by atoms with Crippen molar-refractivity contribution in [2.24, 2.45) is 29.1 Å². The Bertz CT molecular complexity index is 2290. The molecule has 2 aliphatic heterocycles. The van der Waals surface area contributed by atoms with Gasteiger partial charge in [0.2, 0.25) is 29.5 Å². The van der Waals surface area contributed by atoms with Crippen molar-refractivity contribution in [1.82, 2.24) is 4.98 Å². The summed E-state index contributed by atoms with van der Waals surface area (Å²) < 4.78 is 5.93. The molecule has 2 saturated heterocycles. The molecule has 5 aromatic rings. The van der Waals surface area contributed by atoms with Crippen LogP contribution < -0.4 is 9.80 Å². The lowest BCUT2D eigenvalue weighted by atomic mass is 9.51. The van der Waals surface area contributed by atoms with Crippen LogP contribution in [-0.4, -0.2) is 33.7 Å². The van der Waals surface area contributed by atoms with Crippen LogP contribution in [0.3, 0.4) is 0 Å². The summed E-state index contributed by atoms with van der Waals surface area (Å²) >= 11 is 0. The van der Waals surface area contributed by atoms with E-state index in [4.69, 9.17) is 4.42 Å². The van der Waals surface area contributed by atoms with Crippen LogP contribution in [0.5, 0.6) is 5.75 Å². The van der Waals surface area contributed by atoms with Crippen LogP contribution >= 0.6 is 0 Å². The van der Waals surface area contributed by atoms with Gasteiger partial charge in [-0.25, -0.2) is 9.88 Å². The number of oxazole rings is 1. The maximum absolute atomic E-state index is 14.6. The molecule has 9 rings (SSSR count). The number of hydrogen-bond donors (Lipinski definition) is 1. The molecule has 4 aromatic carbocycles. The number of aromatic hydroxyl groups is 1. The highest BCUT2D eigenvalue weighted by atomic mass is 16.3. The molecular weight excluding hydrogens is 642 g/mol. The molecule has 254 valence electrons. The molecule has 4 amide bonds. The topological polar surface area (TPSA) is 121 Å². The third-order valence-electron chi connectivity index (χ3n) is 11.8. The number of imide groups is 2. The van der Waals surface area contributed by atoms with Gasteiger partial charge >= 0.3 is 0 Å². The number of nitrogens with zero attached hydrogens (tertiary/aromatic N) is 3. The zero-order chi connectivity index (χ0) is 35.3. The molecule has 2 aliphatic carbocycles. The number of aromatic nitrogens is 1. The molecule has 0 bridgehead atoms. The molecule has 3 fully saturated rings. The second-order valence-electron chi connectivity index (χ2n) is 14.5. The molecule has 9 heteroatoms. The zero-order valence-electron chi connectivity index (χ0n) is 28.4. The predicted molar refractivity (Wildman–Crippen MR) is 191 cm³/mol. The van der Waals surface area contributed by atoms with Crippen molar-refractivity contribution in [2.75, 3.05) is 9.80 Å². The number of carbonyl (C=O) groups excluding carboxylic acids is 4. The number of para-hydroxylation sites is 3. The molecule has 9 nitrogen and oxygen atoms in total. The summed E-state index contributed by atoms with van der Waals surface area (Å²) in [4.78, 5) is 64.8. The summed E-state index contributed by atoms with van der Waals surface area (Å²) in [5, 5.41) is 10.7. The standard InChI is InChI=1S/C42H35N3O6/c1-22-19-25(20-23(2)36(22)46)35-28-17-18-29-34(30(28)21-31-39(48)45(41(50)42(31,35)3)26-9-5-4-6-10-26)40(49)44(38(29)47)27-15-13-24(14-16-27)37-43-32-11-7-8-12-33(32)51-37/h4-17,19-20,29-31,34-35,46H,18,21H2,1-3H3/t29-,30+,31-,34-,35-,42+/m0/s1. The van der Waals surface area contributed by atoms with Crippen molar-refractivity contribution in [3.8, 4) is 17.2 Å². The number of phenols is 1. The average Bonchev–Trinajstić information content (AvgIpc) is 3.74. The summed E-state index contributed by atoms with van der Waals surface area (Å²) in [5.74, 6) is -3.50. The molecule has 1 aromatic heterocycles. The minimum absolute atomic E-state index is 0.180. The maximum Gasteiger partial charge on any atom is 0.241 e. The van der Waals surface area contributed by atoms with Gasteiger partial charge in [0.25, 0.3) is 0 Å². The Kier molecular flexibility index (Phi) is 6.78. The first-order valence-corrected chi connectivity index (χ1v) is 17.3. The van der Waals surface area contributed by atoms with Crippen LogP contribution in [0.2, 0.25) is 0 Å². The Hall–Kier alpha value is -5.83. The van der Waals surface area contributed by atoms with Gasteiger partial charge in [-0.3, -0.25) is 24.1 Å². The number of phenolic OH excluding ortho intramolecular Hbond substituents is 1. The fourth-order valence-corrected chi connectivity index (χ4v) is 9.38. The SMILES string of the molecule is Cc1cc([C@H]2C3=CC[C@@H]4C(=O)N(c5ccc(-c6nc7ccccc7o6)cc5)C(=O)[C@@H]4[C@@H]3C[C@H]3C(=O)N(c4ccccc4)C(=O)[C@@]23C)cc(C)c1O. The normalized spacial score (nSPS) is 27.1. The lowest BCUT2D eigenvalue weighted by Crippen LogP contribution is -2.49. The van der Waals surface area contributed by atoms with E-state index in [0.717, 1.165) is 22.2 Å². The maximum atomic E-state index is 14.6. The molecule has 0 spiro atoms. The van der Waals surface area contributed by atoms with E-state index in [-0.39, 0.29) is 35.8 Å². The summed E-state index contributed by atoms with van der Waals surface area (Å²) in [5.41, 5.74) is 5.00. The number of carbonyl (C=O) groups is 4. The number of allylic oxidation sites excluding steroid dienone is 2. The Morgan fingerprint density at radius 2 is 1.45 bits per heavy atom. The fourth-order valence-electron chi connectivity index (χ4n) is 9.38. The van der Waals surface area contributed by atoms with E-state index in [1.807, 2.05) is 69.3 Å². The summed E-state index contributed by atoms with van der Waals surface area (Å²) in [6.07, 6.45) is 2.66. The number of fused-ring (bicyclic) bond motifs is 5. The van der Waals surface area contributed by atoms with Crippen LogP contribution in [0.25, 0.3) is 22.6 Å². The van der Waals surface area contributed by atoms with E-state index in [2.05, 4.69) is 4.98 Å². The molecular formula is C42H35N3O6. The van der Waals surface area contributed by atoms with Crippen LogP contribution in [0, 0.1) is 42.9 Å². The van der Waals surface area contributed by atoms with Gasteiger partial charge in [-0.1, -0.05) is 54.1 Å².